The zero-order chi connectivity index (χ0) is 13.2. The maximum absolute atomic E-state index is 13.4. The van der Waals surface area contributed by atoms with Gasteiger partial charge in [-0.25, -0.2) is 4.39 Å². The molecule has 104 valence electrons. The molecular formula is C17H24FN. The first-order valence-corrected chi connectivity index (χ1v) is 7.74. The van der Waals surface area contributed by atoms with E-state index in [2.05, 4.69) is 11.4 Å². The second-order valence-electron chi connectivity index (χ2n) is 6.48. The van der Waals surface area contributed by atoms with Crippen LogP contribution in [0.4, 0.5) is 10.1 Å². The Morgan fingerprint density at radius 1 is 1.00 bits per heavy atom. The lowest BCUT2D eigenvalue weighted by Crippen LogP contribution is -2.34. The van der Waals surface area contributed by atoms with Crippen molar-refractivity contribution in [2.45, 2.75) is 57.9 Å². The lowest BCUT2D eigenvalue weighted by atomic mass is 9.69. The Morgan fingerprint density at radius 2 is 1.79 bits per heavy atom. The van der Waals surface area contributed by atoms with E-state index in [1.54, 1.807) is 12.1 Å². The molecule has 0 aliphatic heterocycles. The fraction of sp³-hybridized carbons (Fsp3) is 0.647. The molecular weight excluding hydrogens is 237 g/mol. The molecule has 1 aromatic rings. The second-order valence-corrected chi connectivity index (χ2v) is 6.48. The van der Waals surface area contributed by atoms with Gasteiger partial charge >= 0.3 is 0 Å². The molecule has 2 fully saturated rings. The van der Waals surface area contributed by atoms with E-state index in [0.717, 1.165) is 23.1 Å². The van der Waals surface area contributed by atoms with Crippen LogP contribution in [0.15, 0.2) is 18.2 Å². The number of anilines is 1. The number of aryl methyl sites for hydroxylation is 1. The van der Waals surface area contributed by atoms with Crippen molar-refractivity contribution in [3.05, 3.63) is 29.6 Å². The van der Waals surface area contributed by atoms with Crippen molar-refractivity contribution in [3.8, 4) is 0 Å². The molecule has 2 aliphatic rings. The van der Waals surface area contributed by atoms with Crippen LogP contribution < -0.4 is 5.32 Å². The molecule has 0 aromatic heterocycles. The lowest BCUT2D eigenvalue weighted by molar-refractivity contribution is 0.162. The van der Waals surface area contributed by atoms with Gasteiger partial charge in [0.05, 0.1) is 0 Å². The monoisotopic (exact) mass is 261 g/mol. The number of halogens is 1. The Labute approximate surface area is 115 Å². The van der Waals surface area contributed by atoms with E-state index in [1.165, 1.54) is 44.9 Å². The molecule has 0 saturated heterocycles. The number of fused-ring (bicyclic) bond motifs is 1. The summed E-state index contributed by atoms with van der Waals surface area (Å²) >= 11 is 0. The third kappa shape index (κ3) is 3.10. The van der Waals surface area contributed by atoms with E-state index < -0.39 is 0 Å². The summed E-state index contributed by atoms with van der Waals surface area (Å²) in [5.74, 6) is 1.75. The van der Waals surface area contributed by atoms with E-state index in [1.807, 2.05) is 6.92 Å². The molecule has 0 spiro atoms. The Hall–Kier alpha value is -1.05. The molecule has 19 heavy (non-hydrogen) atoms. The minimum Gasteiger partial charge on any atom is -0.382 e. The standard InChI is InChI=1S/C17H24FN/c1-12-8-15(18)11-17(9-12)19-16-7-6-13-4-2-3-5-14(13)10-16/h8-9,11,13-14,16,19H,2-7,10H2,1H3. The van der Waals surface area contributed by atoms with Gasteiger partial charge in [0, 0.05) is 11.7 Å². The molecule has 3 rings (SSSR count). The molecule has 0 radical (unpaired) electrons. The van der Waals surface area contributed by atoms with Crippen LogP contribution in [0.3, 0.4) is 0 Å². The van der Waals surface area contributed by atoms with Crippen LogP contribution >= 0.6 is 0 Å². The Morgan fingerprint density at radius 3 is 2.58 bits per heavy atom. The number of nitrogens with one attached hydrogen (secondary N) is 1. The average molecular weight is 261 g/mol. The van der Waals surface area contributed by atoms with Crippen molar-refractivity contribution >= 4 is 5.69 Å². The van der Waals surface area contributed by atoms with Gasteiger partial charge in [-0.3, -0.25) is 0 Å². The number of benzene rings is 1. The van der Waals surface area contributed by atoms with Gasteiger partial charge in [0.25, 0.3) is 0 Å². The molecule has 1 nitrogen and oxygen atoms in total. The Balaban J connectivity index is 1.64. The quantitative estimate of drug-likeness (QED) is 0.798. The summed E-state index contributed by atoms with van der Waals surface area (Å²) in [7, 11) is 0. The Bertz CT molecular complexity index is 423. The second kappa shape index (κ2) is 5.52. The van der Waals surface area contributed by atoms with Gasteiger partial charge in [-0.2, -0.15) is 0 Å². The van der Waals surface area contributed by atoms with Crippen molar-refractivity contribution in [1.82, 2.24) is 0 Å². The molecule has 2 heteroatoms. The summed E-state index contributed by atoms with van der Waals surface area (Å²) in [6.07, 6.45) is 9.57. The van der Waals surface area contributed by atoms with E-state index in [4.69, 9.17) is 0 Å². The largest absolute Gasteiger partial charge is 0.382 e. The number of hydrogen-bond acceptors (Lipinski definition) is 1. The van der Waals surface area contributed by atoms with Gasteiger partial charge < -0.3 is 5.32 Å². The van der Waals surface area contributed by atoms with E-state index in [9.17, 15) is 4.39 Å². The molecule has 0 bridgehead atoms. The minimum absolute atomic E-state index is 0.131. The highest BCUT2D eigenvalue weighted by Gasteiger charge is 2.31. The SMILES string of the molecule is Cc1cc(F)cc(NC2CCC3CCCCC3C2)c1. The van der Waals surface area contributed by atoms with Crippen molar-refractivity contribution in [2.75, 3.05) is 5.32 Å². The molecule has 0 amide bonds. The first-order chi connectivity index (χ1) is 9.20. The van der Waals surface area contributed by atoms with Crippen LogP contribution in [0.2, 0.25) is 0 Å². The van der Waals surface area contributed by atoms with Crippen molar-refractivity contribution in [1.29, 1.82) is 0 Å². The summed E-state index contributed by atoms with van der Waals surface area (Å²) in [6, 6.07) is 5.81. The molecule has 1 N–H and O–H groups in total. The third-order valence-electron chi connectivity index (χ3n) is 4.95. The van der Waals surface area contributed by atoms with Gasteiger partial charge in [-0.05, 0) is 61.8 Å². The maximum atomic E-state index is 13.4. The summed E-state index contributed by atoms with van der Waals surface area (Å²) in [6.45, 7) is 1.95. The van der Waals surface area contributed by atoms with Gasteiger partial charge in [0.2, 0.25) is 0 Å². The summed E-state index contributed by atoms with van der Waals surface area (Å²) in [5.41, 5.74) is 1.95. The highest BCUT2D eigenvalue weighted by atomic mass is 19.1. The van der Waals surface area contributed by atoms with Crippen LogP contribution in [0.1, 0.15) is 50.5 Å². The van der Waals surface area contributed by atoms with Crippen molar-refractivity contribution in [2.24, 2.45) is 11.8 Å². The van der Waals surface area contributed by atoms with Gasteiger partial charge in [0.15, 0.2) is 0 Å². The van der Waals surface area contributed by atoms with E-state index in [0.29, 0.717) is 6.04 Å². The van der Waals surface area contributed by atoms with Crippen LogP contribution in [-0.2, 0) is 0 Å². The predicted molar refractivity (Wildman–Crippen MR) is 77.8 cm³/mol. The highest BCUT2D eigenvalue weighted by Crippen LogP contribution is 2.41. The first-order valence-electron chi connectivity index (χ1n) is 7.74. The van der Waals surface area contributed by atoms with Crippen molar-refractivity contribution in [3.63, 3.8) is 0 Å². The van der Waals surface area contributed by atoms with Crippen LogP contribution in [0.25, 0.3) is 0 Å². The van der Waals surface area contributed by atoms with Gasteiger partial charge in [-0.15, -0.1) is 0 Å². The normalized spacial score (nSPS) is 30.7. The molecule has 3 unspecified atom stereocenters. The third-order valence-corrected chi connectivity index (χ3v) is 4.95. The number of hydrogen-bond donors (Lipinski definition) is 1. The zero-order valence-corrected chi connectivity index (χ0v) is 11.8. The van der Waals surface area contributed by atoms with Gasteiger partial charge in [0.1, 0.15) is 5.82 Å². The average Bonchev–Trinajstić information content (AvgIpc) is 2.37. The first kappa shape index (κ1) is 13.0. The fourth-order valence-electron chi connectivity index (χ4n) is 4.06. The fourth-order valence-corrected chi connectivity index (χ4v) is 4.06. The minimum atomic E-state index is -0.131. The predicted octanol–water partition coefficient (Wildman–Crippen LogP) is 4.90. The van der Waals surface area contributed by atoms with Crippen LogP contribution in [-0.4, -0.2) is 6.04 Å². The molecule has 2 saturated carbocycles. The highest BCUT2D eigenvalue weighted by molar-refractivity contribution is 5.46. The topological polar surface area (TPSA) is 12.0 Å². The summed E-state index contributed by atoms with van der Waals surface area (Å²) < 4.78 is 13.4. The zero-order valence-electron chi connectivity index (χ0n) is 11.8. The molecule has 1 aromatic carbocycles. The smallest absolute Gasteiger partial charge is 0.125 e. The van der Waals surface area contributed by atoms with E-state index in [-0.39, 0.29) is 5.82 Å². The summed E-state index contributed by atoms with van der Waals surface area (Å²) in [4.78, 5) is 0. The number of rotatable bonds is 2. The Kier molecular flexibility index (Phi) is 3.76. The molecule has 3 atom stereocenters. The molecule has 0 heterocycles. The summed E-state index contributed by atoms with van der Waals surface area (Å²) in [5, 5.41) is 3.56. The molecule has 2 aliphatic carbocycles. The van der Waals surface area contributed by atoms with Crippen LogP contribution in [0, 0.1) is 24.6 Å². The van der Waals surface area contributed by atoms with Crippen LogP contribution in [0.5, 0.6) is 0 Å². The lowest BCUT2D eigenvalue weighted by Gasteiger charge is -2.39. The van der Waals surface area contributed by atoms with Crippen molar-refractivity contribution < 1.29 is 4.39 Å². The van der Waals surface area contributed by atoms with Gasteiger partial charge in [-0.1, -0.05) is 25.7 Å². The maximum Gasteiger partial charge on any atom is 0.125 e. The van der Waals surface area contributed by atoms with E-state index >= 15 is 0 Å².